The Bertz CT molecular complexity index is 714. The van der Waals surface area contributed by atoms with Gasteiger partial charge in [-0.2, -0.15) is 0 Å². The number of carbonyl (C=O) groups is 2. The number of amides is 2. The number of aryl methyl sites for hydroxylation is 1. The van der Waals surface area contributed by atoms with E-state index in [1.54, 1.807) is 19.2 Å². The number of anilines is 1. The van der Waals surface area contributed by atoms with Crippen molar-refractivity contribution in [2.75, 3.05) is 18.9 Å². The molecule has 2 rings (SSSR count). The van der Waals surface area contributed by atoms with Crippen LogP contribution in [0.1, 0.15) is 18.1 Å². The molecule has 24 heavy (non-hydrogen) atoms. The summed E-state index contributed by atoms with van der Waals surface area (Å²) in [6.07, 6.45) is 1.08. The second kappa shape index (κ2) is 8.50. The summed E-state index contributed by atoms with van der Waals surface area (Å²) in [5.74, 6) is -0.320. The van der Waals surface area contributed by atoms with Crippen LogP contribution in [-0.2, 0) is 22.4 Å². The minimum atomic E-state index is -0.206. The van der Waals surface area contributed by atoms with E-state index in [2.05, 4.69) is 5.32 Å². The lowest BCUT2D eigenvalue weighted by molar-refractivity contribution is -0.132. The van der Waals surface area contributed by atoms with E-state index in [1.165, 1.54) is 4.90 Å². The number of halogens is 1. The van der Waals surface area contributed by atoms with E-state index in [-0.39, 0.29) is 24.8 Å². The van der Waals surface area contributed by atoms with Crippen LogP contribution in [-0.4, -0.2) is 30.3 Å². The summed E-state index contributed by atoms with van der Waals surface area (Å²) in [4.78, 5) is 25.8. The smallest absolute Gasteiger partial charge is 0.243 e. The predicted molar refractivity (Wildman–Crippen MR) is 97.2 cm³/mol. The molecule has 0 saturated heterocycles. The third-order valence-corrected chi connectivity index (χ3v) is 4.00. The van der Waals surface area contributed by atoms with Gasteiger partial charge in [0, 0.05) is 17.8 Å². The van der Waals surface area contributed by atoms with Crippen LogP contribution in [0.3, 0.4) is 0 Å². The third kappa shape index (κ3) is 5.10. The van der Waals surface area contributed by atoms with Crippen molar-refractivity contribution in [2.45, 2.75) is 19.8 Å². The number of carbonyl (C=O) groups excluding carboxylic acids is 2. The van der Waals surface area contributed by atoms with Crippen LogP contribution in [0.2, 0.25) is 5.02 Å². The molecule has 0 spiro atoms. The van der Waals surface area contributed by atoms with Crippen molar-refractivity contribution in [3.63, 3.8) is 0 Å². The first-order chi connectivity index (χ1) is 11.5. The van der Waals surface area contributed by atoms with E-state index in [0.29, 0.717) is 5.02 Å². The Labute approximate surface area is 147 Å². The molecule has 5 heteroatoms. The Balaban J connectivity index is 1.90. The molecule has 0 unspecified atom stereocenters. The lowest BCUT2D eigenvalue weighted by Crippen LogP contribution is -2.35. The lowest BCUT2D eigenvalue weighted by Gasteiger charge is -2.17. The number of hydrogen-bond acceptors (Lipinski definition) is 2. The maximum absolute atomic E-state index is 12.2. The first-order valence-electron chi connectivity index (χ1n) is 7.85. The summed E-state index contributed by atoms with van der Waals surface area (Å²) < 4.78 is 0. The number of nitrogens with zero attached hydrogens (tertiary/aromatic N) is 1. The van der Waals surface area contributed by atoms with Gasteiger partial charge in [0.05, 0.1) is 13.0 Å². The summed E-state index contributed by atoms with van der Waals surface area (Å²) in [7, 11) is 1.63. The van der Waals surface area contributed by atoms with Crippen LogP contribution in [0.15, 0.2) is 48.5 Å². The van der Waals surface area contributed by atoms with Crippen LogP contribution in [0.4, 0.5) is 5.69 Å². The van der Waals surface area contributed by atoms with Gasteiger partial charge in [0.15, 0.2) is 0 Å². The van der Waals surface area contributed by atoms with Gasteiger partial charge in [-0.05, 0) is 35.7 Å². The molecule has 0 heterocycles. The molecule has 4 nitrogen and oxygen atoms in total. The zero-order valence-electron chi connectivity index (χ0n) is 13.9. The molecule has 0 bridgehead atoms. The number of rotatable bonds is 6. The van der Waals surface area contributed by atoms with E-state index in [1.807, 2.05) is 43.3 Å². The van der Waals surface area contributed by atoms with Crippen molar-refractivity contribution >= 4 is 29.1 Å². The Morgan fingerprint density at radius 2 is 1.75 bits per heavy atom. The highest BCUT2D eigenvalue weighted by Gasteiger charge is 2.14. The molecule has 0 radical (unpaired) electrons. The topological polar surface area (TPSA) is 49.4 Å². The fourth-order valence-electron chi connectivity index (χ4n) is 2.36. The normalized spacial score (nSPS) is 10.3. The van der Waals surface area contributed by atoms with Crippen LogP contribution in [0.5, 0.6) is 0 Å². The van der Waals surface area contributed by atoms with Gasteiger partial charge < -0.3 is 10.2 Å². The van der Waals surface area contributed by atoms with E-state index < -0.39 is 0 Å². The van der Waals surface area contributed by atoms with Crippen LogP contribution < -0.4 is 5.32 Å². The second-order valence-corrected chi connectivity index (χ2v) is 6.05. The minimum absolute atomic E-state index is 0.0183. The minimum Gasteiger partial charge on any atom is -0.336 e. The Kier molecular flexibility index (Phi) is 6.38. The van der Waals surface area contributed by atoms with Crippen molar-refractivity contribution in [1.82, 2.24) is 4.90 Å². The highest BCUT2D eigenvalue weighted by atomic mass is 35.5. The van der Waals surface area contributed by atoms with Gasteiger partial charge in [0.1, 0.15) is 0 Å². The molecule has 0 saturated carbocycles. The number of hydrogen-bond donors (Lipinski definition) is 1. The van der Waals surface area contributed by atoms with Gasteiger partial charge in [-0.1, -0.05) is 48.9 Å². The average Bonchev–Trinajstić information content (AvgIpc) is 2.57. The van der Waals surface area contributed by atoms with Gasteiger partial charge in [-0.15, -0.1) is 0 Å². The molecule has 0 aromatic heterocycles. The number of benzene rings is 2. The molecule has 0 fully saturated rings. The number of likely N-dealkylation sites (N-methyl/N-ethyl adjacent to an activating group) is 1. The quantitative estimate of drug-likeness (QED) is 0.871. The molecule has 2 amide bonds. The molecular formula is C19H21ClN2O2. The first-order valence-corrected chi connectivity index (χ1v) is 8.23. The second-order valence-electron chi connectivity index (χ2n) is 5.61. The third-order valence-electron chi connectivity index (χ3n) is 3.75. The predicted octanol–water partition coefficient (Wildman–Crippen LogP) is 3.54. The van der Waals surface area contributed by atoms with Crippen LogP contribution >= 0.6 is 11.6 Å². The lowest BCUT2D eigenvalue weighted by atomic mass is 10.1. The molecule has 1 N–H and O–H groups in total. The fraction of sp³-hybridized carbons (Fsp3) is 0.263. The molecule has 0 aliphatic rings. The Hall–Kier alpha value is -2.33. The van der Waals surface area contributed by atoms with E-state index in [4.69, 9.17) is 11.6 Å². The molecule has 126 valence electrons. The molecule has 0 atom stereocenters. The first kappa shape index (κ1) is 18.0. The van der Waals surface area contributed by atoms with Crippen molar-refractivity contribution in [3.05, 3.63) is 64.7 Å². The molecule has 2 aromatic carbocycles. The van der Waals surface area contributed by atoms with Crippen molar-refractivity contribution in [2.24, 2.45) is 0 Å². The monoisotopic (exact) mass is 344 g/mol. The summed E-state index contributed by atoms with van der Waals surface area (Å²) in [6.45, 7) is 2.05. The van der Waals surface area contributed by atoms with Crippen molar-refractivity contribution < 1.29 is 9.59 Å². The van der Waals surface area contributed by atoms with E-state index >= 15 is 0 Å². The Morgan fingerprint density at radius 1 is 1.08 bits per heavy atom. The van der Waals surface area contributed by atoms with Crippen molar-refractivity contribution in [1.29, 1.82) is 0 Å². The number of para-hydroxylation sites is 1. The highest BCUT2D eigenvalue weighted by molar-refractivity contribution is 6.30. The largest absolute Gasteiger partial charge is 0.336 e. The number of nitrogens with one attached hydrogen (secondary N) is 1. The summed E-state index contributed by atoms with van der Waals surface area (Å²) >= 11 is 5.83. The molecule has 2 aromatic rings. The van der Waals surface area contributed by atoms with Gasteiger partial charge >= 0.3 is 0 Å². The van der Waals surface area contributed by atoms with Gasteiger partial charge in [-0.25, -0.2) is 0 Å². The average molecular weight is 345 g/mol. The standard InChI is InChI=1S/C19H21ClN2O2/c1-3-15-6-4-5-7-17(15)21-18(23)13-22(2)19(24)12-14-8-10-16(20)11-9-14/h4-11H,3,12-13H2,1-2H3,(H,21,23). The molecule has 0 aliphatic carbocycles. The van der Waals surface area contributed by atoms with E-state index in [9.17, 15) is 9.59 Å². The fourth-order valence-corrected chi connectivity index (χ4v) is 2.48. The summed E-state index contributed by atoms with van der Waals surface area (Å²) in [5, 5.41) is 3.50. The highest BCUT2D eigenvalue weighted by Crippen LogP contribution is 2.15. The van der Waals surface area contributed by atoms with E-state index in [0.717, 1.165) is 23.2 Å². The van der Waals surface area contributed by atoms with Gasteiger partial charge in [0.25, 0.3) is 0 Å². The zero-order chi connectivity index (χ0) is 17.5. The van der Waals surface area contributed by atoms with Gasteiger partial charge in [0.2, 0.25) is 11.8 Å². The maximum atomic E-state index is 12.2. The summed E-state index contributed by atoms with van der Waals surface area (Å²) in [6, 6.07) is 14.8. The van der Waals surface area contributed by atoms with Crippen LogP contribution in [0, 0.1) is 0 Å². The SMILES string of the molecule is CCc1ccccc1NC(=O)CN(C)C(=O)Cc1ccc(Cl)cc1. The van der Waals surface area contributed by atoms with Gasteiger partial charge in [-0.3, -0.25) is 9.59 Å². The molecular weight excluding hydrogens is 324 g/mol. The van der Waals surface area contributed by atoms with Crippen molar-refractivity contribution in [3.8, 4) is 0 Å². The van der Waals surface area contributed by atoms with Crippen LogP contribution in [0.25, 0.3) is 0 Å². The zero-order valence-corrected chi connectivity index (χ0v) is 14.6. The summed E-state index contributed by atoms with van der Waals surface area (Å²) in [5.41, 5.74) is 2.73. The Morgan fingerprint density at radius 3 is 2.42 bits per heavy atom. The maximum Gasteiger partial charge on any atom is 0.243 e. The molecule has 0 aliphatic heterocycles.